The number of guanidine groups is 1. The first-order valence-corrected chi connectivity index (χ1v) is 10.4. The van der Waals surface area contributed by atoms with Crippen molar-refractivity contribution in [3.05, 3.63) is 0 Å². The van der Waals surface area contributed by atoms with E-state index in [-0.39, 0.29) is 11.9 Å². The highest BCUT2D eigenvalue weighted by Gasteiger charge is 2.41. The Morgan fingerprint density at radius 2 is 1.86 bits per heavy atom. The average Bonchev–Trinajstić information content (AvgIpc) is 3.14. The lowest BCUT2D eigenvalue weighted by atomic mass is 10.2. The molecule has 2 rings (SSSR count). The second-order valence-electron chi connectivity index (χ2n) is 7.99. The van der Waals surface area contributed by atoms with Crippen LogP contribution in [0.3, 0.4) is 0 Å². The molecule has 0 bridgehead atoms. The Morgan fingerprint density at radius 3 is 2.41 bits per heavy atom. The topological polar surface area (TPSA) is 54.4 Å². The minimum absolute atomic E-state index is 0.0204. The molecular formula is C19H35F3N6O. The van der Waals surface area contributed by atoms with Crippen LogP contribution in [0.5, 0.6) is 0 Å². The maximum absolute atomic E-state index is 12.9. The van der Waals surface area contributed by atoms with E-state index in [9.17, 15) is 18.0 Å². The second kappa shape index (κ2) is 10.5. The fourth-order valence-electron chi connectivity index (χ4n) is 4.01. The SMILES string of the molecule is CN=C(NCCCN1CCCC1C(=O)N(C)C)N1CCN(C(C)C(F)(F)F)CC1. The lowest BCUT2D eigenvalue weighted by Gasteiger charge is -2.39. The second-order valence-corrected chi connectivity index (χ2v) is 7.99. The van der Waals surface area contributed by atoms with Crippen molar-refractivity contribution in [1.82, 2.24) is 24.9 Å². The largest absolute Gasteiger partial charge is 0.403 e. The van der Waals surface area contributed by atoms with Gasteiger partial charge in [0.05, 0.1) is 6.04 Å². The number of hydrogen-bond acceptors (Lipinski definition) is 4. The van der Waals surface area contributed by atoms with Crippen molar-refractivity contribution in [3.63, 3.8) is 0 Å². The Hall–Kier alpha value is -1.55. The minimum atomic E-state index is -4.19. The number of carbonyl (C=O) groups is 1. The summed E-state index contributed by atoms with van der Waals surface area (Å²) in [5.41, 5.74) is 0. The Balaban J connectivity index is 1.73. The fourth-order valence-corrected chi connectivity index (χ4v) is 4.01. The van der Waals surface area contributed by atoms with Crippen LogP contribution in [0.1, 0.15) is 26.2 Å². The minimum Gasteiger partial charge on any atom is -0.356 e. The van der Waals surface area contributed by atoms with Crippen molar-refractivity contribution in [2.45, 2.75) is 44.4 Å². The van der Waals surface area contributed by atoms with Crippen LogP contribution in [-0.2, 0) is 4.79 Å². The molecule has 2 fully saturated rings. The Morgan fingerprint density at radius 1 is 1.21 bits per heavy atom. The fraction of sp³-hybridized carbons (Fsp3) is 0.895. The van der Waals surface area contributed by atoms with Crippen LogP contribution in [0.4, 0.5) is 13.2 Å². The molecule has 1 amide bonds. The van der Waals surface area contributed by atoms with Gasteiger partial charge < -0.3 is 15.1 Å². The summed E-state index contributed by atoms with van der Waals surface area (Å²) in [6, 6.07) is -1.44. The predicted molar refractivity (Wildman–Crippen MR) is 108 cm³/mol. The van der Waals surface area contributed by atoms with Gasteiger partial charge in [0.15, 0.2) is 5.96 Å². The molecule has 2 aliphatic rings. The van der Waals surface area contributed by atoms with Crippen LogP contribution in [0.2, 0.25) is 0 Å². The molecule has 0 aromatic rings. The summed E-state index contributed by atoms with van der Waals surface area (Å²) in [5, 5.41) is 3.32. The van der Waals surface area contributed by atoms with Crippen LogP contribution in [0.15, 0.2) is 4.99 Å². The van der Waals surface area contributed by atoms with Crippen molar-refractivity contribution in [1.29, 1.82) is 0 Å². The molecule has 7 nitrogen and oxygen atoms in total. The third-order valence-corrected chi connectivity index (χ3v) is 5.84. The zero-order valence-electron chi connectivity index (χ0n) is 18.0. The van der Waals surface area contributed by atoms with Gasteiger partial charge in [0.1, 0.15) is 6.04 Å². The van der Waals surface area contributed by atoms with Gasteiger partial charge in [0.25, 0.3) is 0 Å². The van der Waals surface area contributed by atoms with E-state index in [2.05, 4.69) is 15.2 Å². The molecule has 29 heavy (non-hydrogen) atoms. The number of likely N-dealkylation sites (tertiary alicyclic amines) is 1. The van der Waals surface area contributed by atoms with Gasteiger partial charge in [-0.3, -0.25) is 19.6 Å². The number of hydrogen-bond donors (Lipinski definition) is 1. The Labute approximate surface area is 171 Å². The zero-order valence-corrected chi connectivity index (χ0v) is 18.0. The Kier molecular flexibility index (Phi) is 8.57. The lowest BCUT2D eigenvalue weighted by Crippen LogP contribution is -2.56. The standard InChI is InChI=1S/C19H35F3N6O/c1-15(19(20,21)22)26-11-13-28(14-12-26)18(23-2)24-8-6-10-27-9-5-7-16(27)17(29)25(3)4/h15-16H,5-14H2,1-4H3,(H,23,24). The first-order valence-electron chi connectivity index (χ1n) is 10.4. The van der Waals surface area contributed by atoms with Gasteiger partial charge in [-0.25, -0.2) is 0 Å². The highest BCUT2D eigenvalue weighted by atomic mass is 19.4. The predicted octanol–water partition coefficient (Wildman–Crippen LogP) is 1.07. The first kappa shape index (κ1) is 23.7. The number of nitrogens with zero attached hydrogens (tertiary/aromatic N) is 5. The maximum Gasteiger partial charge on any atom is 0.403 e. The number of halogens is 3. The van der Waals surface area contributed by atoms with Gasteiger partial charge in [-0.05, 0) is 32.7 Å². The number of aliphatic imine (C=N–C) groups is 1. The summed E-state index contributed by atoms with van der Waals surface area (Å²) >= 11 is 0. The highest BCUT2D eigenvalue weighted by Crippen LogP contribution is 2.25. The smallest absolute Gasteiger partial charge is 0.356 e. The summed E-state index contributed by atoms with van der Waals surface area (Å²) in [6.07, 6.45) is -1.36. The molecule has 2 saturated heterocycles. The summed E-state index contributed by atoms with van der Waals surface area (Å²) in [5.74, 6) is 0.892. The first-order chi connectivity index (χ1) is 13.6. The molecule has 1 N–H and O–H groups in total. The third-order valence-electron chi connectivity index (χ3n) is 5.84. The van der Waals surface area contributed by atoms with E-state index >= 15 is 0 Å². The molecule has 0 aromatic heterocycles. The molecule has 0 saturated carbocycles. The van der Waals surface area contributed by atoms with E-state index in [1.165, 1.54) is 11.8 Å². The van der Waals surface area contributed by atoms with Gasteiger partial charge in [0, 0.05) is 60.4 Å². The zero-order chi connectivity index (χ0) is 21.6. The molecule has 0 aliphatic carbocycles. The normalized spacial score (nSPS) is 23.3. The Bertz CT molecular complexity index is 561. The van der Waals surface area contributed by atoms with Crippen molar-refractivity contribution >= 4 is 11.9 Å². The summed E-state index contributed by atoms with van der Waals surface area (Å²) in [7, 11) is 5.28. The van der Waals surface area contributed by atoms with Crippen LogP contribution >= 0.6 is 0 Å². The molecule has 2 unspecified atom stereocenters. The van der Waals surface area contributed by atoms with Crippen molar-refractivity contribution in [2.24, 2.45) is 4.99 Å². The van der Waals surface area contributed by atoms with E-state index in [0.29, 0.717) is 32.7 Å². The number of piperazine rings is 1. The van der Waals surface area contributed by atoms with E-state index in [1.807, 2.05) is 4.90 Å². The molecule has 0 radical (unpaired) electrons. The van der Waals surface area contributed by atoms with E-state index < -0.39 is 12.2 Å². The lowest BCUT2D eigenvalue weighted by molar-refractivity contribution is -0.181. The van der Waals surface area contributed by atoms with E-state index in [0.717, 1.165) is 38.3 Å². The summed E-state index contributed by atoms with van der Waals surface area (Å²) < 4.78 is 38.7. The third kappa shape index (κ3) is 6.47. The number of rotatable bonds is 6. The number of carbonyl (C=O) groups excluding carboxylic acids is 1. The van der Waals surface area contributed by atoms with E-state index in [1.54, 1.807) is 26.0 Å². The maximum atomic E-state index is 12.9. The number of nitrogens with one attached hydrogen (secondary N) is 1. The van der Waals surface area contributed by atoms with Gasteiger partial charge >= 0.3 is 6.18 Å². The van der Waals surface area contributed by atoms with Gasteiger partial charge in [-0.15, -0.1) is 0 Å². The molecule has 2 aliphatic heterocycles. The average molecular weight is 421 g/mol. The van der Waals surface area contributed by atoms with Crippen molar-refractivity contribution in [2.75, 3.05) is 67.0 Å². The molecular weight excluding hydrogens is 385 g/mol. The van der Waals surface area contributed by atoms with Crippen LogP contribution in [0.25, 0.3) is 0 Å². The summed E-state index contributed by atoms with van der Waals surface area (Å²) in [6.45, 7) is 5.48. The highest BCUT2D eigenvalue weighted by molar-refractivity contribution is 5.81. The molecule has 168 valence electrons. The van der Waals surface area contributed by atoms with Crippen molar-refractivity contribution in [3.8, 4) is 0 Å². The molecule has 2 heterocycles. The van der Waals surface area contributed by atoms with E-state index in [4.69, 9.17) is 0 Å². The van der Waals surface area contributed by atoms with Gasteiger partial charge in [0.2, 0.25) is 5.91 Å². The van der Waals surface area contributed by atoms with Crippen molar-refractivity contribution < 1.29 is 18.0 Å². The molecule has 0 aromatic carbocycles. The van der Waals surface area contributed by atoms with Crippen LogP contribution in [0, 0.1) is 0 Å². The number of alkyl halides is 3. The number of likely N-dealkylation sites (N-methyl/N-ethyl adjacent to an activating group) is 1. The quantitative estimate of drug-likeness (QED) is 0.396. The van der Waals surface area contributed by atoms with Crippen LogP contribution in [-0.4, -0.2) is 117 Å². The molecule has 2 atom stereocenters. The number of amides is 1. The monoisotopic (exact) mass is 420 g/mol. The summed E-state index contributed by atoms with van der Waals surface area (Å²) in [4.78, 5) is 23.9. The van der Waals surface area contributed by atoms with Gasteiger partial charge in [-0.2, -0.15) is 13.2 Å². The van der Waals surface area contributed by atoms with Crippen LogP contribution < -0.4 is 5.32 Å². The molecule has 0 spiro atoms. The van der Waals surface area contributed by atoms with Gasteiger partial charge in [-0.1, -0.05) is 0 Å². The molecule has 10 heteroatoms.